The number of hydrogen-bond acceptors (Lipinski definition) is 5. The summed E-state index contributed by atoms with van der Waals surface area (Å²) in [6.07, 6.45) is 3.14. The average Bonchev–Trinajstić information content (AvgIpc) is 2.29. The van der Waals surface area contributed by atoms with Gasteiger partial charge in [0.25, 0.3) is 0 Å². The van der Waals surface area contributed by atoms with E-state index >= 15 is 0 Å². The van der Waals surface area contributed by atoms with E-state index in [-0.39, 0.29) is 0 Å². The van der Waals surface area contributed by atoms with Crippen LogP contribution in [0.25, 0.3) is 0 Å². The molecule has 0 spiro atoms. The summed E-state index contributed by atoms with van der Waals surface area (Å²) in [4.78, 5) is 0. The number of rotatable bonds is 5. The predicted molar refractivity (Wildman–Crippen MR) is 67.7 cm³/mol. The number of nitriles is 1. The Kier molecular flexibility index (Phi) is 5.06. The summed E-state index contributed by atoms with van der Waals surface area (Å²) in [5.41, 5.74) is 2.33. The van der Waals surface area contributed by atoms with Crippen LogP contribution in [-0.2, 0) is 0 Å². The quantitative estimate of drug-likeness (QED) is 0.793. The molecule has 0 aromatic carbocycles. The van der Waals surface area contributed by atoms with Crippen molar-refractivity contribution in [2.45, 2.75) is 20.3 Å². The van der Waals surface area contributed by atoms with Crippen LogP contribution in [0.1, 0.15) is 23.2 Å². The lowest BCUT2D eigenvalue weighted by Gasteiger charge is -2.08. The predicted octanol–water partition coefficient (Wildman–Crippen LogP) is 2.13. The van der Waals surface area contributed by atoms with Gasteiger partial charge >= 0.3 is 0 Å². The summed E-state index contributed by atoms with van der Waals surface area (Å²) in [5.74, 6) is 1.71. The molecule has 0 aliphatic rings. The van der Waals surface area contributed by atoms with Crippen LogP contribution in [0.2, 0.25) is 0 Å². The van der Waals surface area contributed by atoms with Crippen LogP contribution < -0.4 is 5.32 Å². The highest BCUT2D eigenvalue weighted by atomic mass is 32.2. The first kappa shape index (κ1) is 12.8. The highest BCUT2D eigenvalue weighted by molar-refractivity contribution is 7.98. The number of nitrogens with zero attached hydrogens (tertiary/aromatic N) is 3. The molecule has 1 N–H and O–H groups in total. The van der Waals surface area contributed by atoms with E-state index in [1.54, 1.807) is 0 Å². The molecular formula is C11H16N4S. The Hall–Kier alpha value is -1.28. The topological polar surface area (TPSA) is 61.6 Å². The molecule has 0 bridgehead atoms. The molecule has 0 fully saturated rings. The zero-order valence-electron chi connectivity index (χ0n) is 9.87. The highest BCUT2D eigenvalue weighted by Crippen LogP contribution is 2.16. The van der Waals surface area contributed by atoms with Crippen LogP contribution >= 0.6 is 11.8 Å². The molecular weight excluding hydrogens is 220 g/mol. The largest absolute Gasteiger partial charge is 0.367 e. The van der Waals surface area contributed by atoms with E-state index in [0.717, 1.165) is 30.0 Å². The number of aryl methyl sites for hydroxylation is 1. The van der Waals surface area contributed by atoms with Gasteiger partial charge in [-0.25, -0.2) is 0 Å². The summed E-state index contributed by atoms with van der Waals surface area (Å²) in [6, 6.07) is 2.18. The van der Waals surface area contributed by atoms with Crippen molar-refractivity contribution in [2.75, 3.05) is 23.9 Å². The van der Waals surface area contributed by atoms with Gasteiger partial charge in [-0.15, -0.1) is 5.10 Å². The molecule has 0 radical (unpaired) electrons. The van der Waals surface area contributed by atoms with Gasteiger partial charge in [0.1, 0.15) is 11.6 Å². The van der Waals surface area contributed by atoms with E-state index in [4.69, 9.17) is 5.26 Å². The minimum absolute atomic E-state index is 0.603. The molecule has 86 valence electrons. The third-order valence-electron chi connectivity index (χ3n) is 2.38. The molecule has 0 atom stereocenters. The molecule has 1 aromatic heterocycles. The van der Waals surface area contributed by atoms with Gasteiger partial charge in [-0.1, -0.05) is 0 Å². The van der Waals surface area contributed by atoms with Gasteiger partial charge in [0, 0.05) is 6.54 Å². The second kappa shape index (κ2) is 6.33. The van der Waals surface area contributed by atoms with E-state index in [1.165, 1.54) is 0 Å². The molecule has 1 aromatic rings. The van der Waals surface area contributed by atoms with E-state index in [0.29, 0.717) is 11.4 Å². The van der Waals surface area contributed by atoms with Gasteiger partial charge in [-0.05, 0) is 37.8 Å². The van der Waals surface area contributed by atoms with E-state index in [9.17, 15) is 0 Å². The first-order valence-corrected chi connectivity index (χ1v) is 6.57. The summed E-state index contributed by atoms with van der Waals surface area (Å²) in [6.45, 7) is 4.59. The fourth-order valence-corrected chi connectivity index (χ4v) is 1.73. The Bertz CT molecular complexity index is 398. The number of aromatic nitrogens is 2. The normalized spacial score (nSPS) is 9.88. The maximum absolute atomic E-state index is 9.06. The second-order valence-corrected chi connectivity index (χ2v) is 4.50. The molecule has 16 heavy (non-hydrogen) atoms. The molecule has 0 aliphatic carbocycles. The molecule has 1 heterocycles. The standard InChI is InChI=1S/C11H16N4S/c1-8-9(2)14-15-11(10(8)7-12)13-5-4-6-16-3/h4-6H2,1-3H3,(H,13,15). The summed E-state index contributed by atoms with van der Waals surface area (Å²) < 4.78 is 0. The van der Waals surface area contributed by atoms with Crippen LogP contribution in [0.5, 0.6) is 0 Å². The van der Waals surface area contributed by atoms with Crippen LogP contribution in [0.3, 0.4) is 0 Å². The van der Waals surface area contributed by atoms with Crippen molar-refractivity contribution in [3.05, 3.63) is 16.8 Å². The fourth-order valence-electron chi connectivity index (χ4n) is 1.29. The minimum atomic E-state index is 0.603. The number of hydrogen-bond donors (Lipinski definition) is 1. The van der Waals surface area contributed by atoms with Gasteiger partial charge in [0.05, 0.1) is 5.69 Å². The summed E-state index contributed by atoms with van der Waals surface area (Å²) in [7, 11) is 0. The van der Waals surface area contributed by atoms with Crippen molar-refractivity contribution >= 4 is 17.6 Å². The molecule has 1 rings (SSSR count). The summed E-state index contributed by atoms with van der Waals surface area (Å²) >= 11 is 1.81. The van der Waals surface area contributed by atoms with Gasteiger partial charge < -0.3 is 5.32 Å². The van der Waals surface area contributed by atoms with Crippen LogP contribution in [-0.4, -0.2) is 28.8 Å². The third kappa shape index (κ3) is 3.11. The van der Waals surface area contributed by atoms with Crippen molar-refractivity contribution in [1.29, 1.82) is 5.26 Å². The Balaban J connectivity index is 2.73. The Morgan fingerprint density at radius 2 is 2.12 bits per heavy atom. The Morgan fingerprint density at radius 1 is 1.38 bits per heavy atom. The molecule has 0 saturated heterocycles. The van der Waals surface area contributed by atoms with Gasteiger partial charge in [-0.3, -0.25) is 0 Å². The van der Waals surface area contributed by atoms with E-state index in [1.807, 2.05) is 25.6 Å². The zero-order chi connectivity index (χ0) is 12.0. The maximum Gasteiger partial charge on any atom is 0.166 e. The minimum Gasteiger partial charge on any atom is -0.367 e. The van der Waals surface area contributed by atoms with Gasteiger partial charge in [-0.2, -0.15) is 22.1 Å². The van der Waals surface area contributed by atoms with Crippen molar-refractivity contribution in [2.24, 2.45) is 0 Å². The van der Waals surface area contributed by atoms with Crippen molar-refractivity contribution in [3.63, 3.8) is 0 Å². The van der Waals surface area contributed by atoms with E-state index in [2.05, 4.69) is 27.8 Å². The van der Waals surface area contributed by atoms with Crippen LogP contribution in [0.4, 0.5) is 5.82 Å². The smallest absolute Gasteiger partial charge is 0.166 e. The first-order chi connectivity index (χ1) is 7.70. The van der Waals surface area contributed by atoms with Crippen LogP contribution in [0.15, 0.2) is 0 Å². The molecule has 5 heteroatoms. The highest BCUT2D eigenvalue weighted by Gasteiger charge is 2.09. The van der Waals surface area contributed by atoms with Gasteiger partial charge in [0.2, 0.25) is 0 Å². The van der Waals surface area contributed by atoms with Crippen LogP contribution in [0, 0.1) is 25.2 Å². The fraction of sp³-hybridized carbons (Fsp3) is 0.545. The third-order valence-corrected chi connectivity index (χ3v) is 3.08. The van der Waals surface area contributed by atoms with Gasteiger partial charge in [0.15, 0.2) is 5.82 Å². The molecule has 0 saturated carbocycles. The first-order valence-electron chi connectivity index (χ1n) is 5.17. The lowest BCUT2D eigenvalue weighted by atomic mass is 10.1. The number of anilines is 1. The molecule has 4 nitrogen and oxygen atoms in total. The Labute approximate surface area is 100 Å². The molecule has 0 aliphatic heterocycles. The zero-order valence-corrected chi connectivity index (χ0v) is 10.7. The van der Waals surface area contributed by atoms with E-state index < -0.39 is 0 Å². The van der Waals surface area contributed by atoms with Crippen molar-refractivity contribution in [3.8, 4) is 6.07 Å². The number of thioether (sulfide) groups is 1. The molecule has 0 unspecified atom stereocenters. The second-order valence-electron chi connectivity index (χ2n) is 3.52. The monoisotopic (exact) mass is 236 g/mol. The Morgan fingerprint density at radius 3 is 2.75 bits per heavy atom. The number of nitrogens with one attached hydrogen (secondary N) is 1. The molecule has 0 amide bonds. The SMILES string of the molecule is CSCCCNc1nnc(C)c(C)c1C#N. The van der Waals surface area contributed by atoms with Crippen molar-refractivity contribution < 1.29 is 0 Å². The lowest BCUT2D eigenvalue weighted by Crippen LogP contribution is -2.09. The maximum atomic E-state index is 9.06. The average molecular weight is 236 g/mol. The van der Waals surface area contributed by atoms with Crippen molar-refractivity contribution in [1.82, 2.24) is 10.2 Å². The lowest BCUT2D eigenvalue weighted by molar-refractivity contribution is 0.920. The summed E-state index contributed by atoms with van der Waals surface area (Å²) in [5, 5.41) is 20.3.